The van der Waals surface area contributed by atoms with Crippen LogP contribution in [0.2, 0.25) is 0 Å². The molecule has 0 atom stereocenters. The van der Waals surface area contributed by atoms with Gasteiger partial charge in [-0.3, -0.25) is 4.79 Å². The fraction of sp³-hybridized carbons (Fsp3) is 0.176. The first kappa shape index (κ1) is 19.1. The van der Waals surface area contributed by atoms with Crippen LogP contribution in [0.1, 0.15) is 0 Å². The smallest absolute Gasteiger partial charge is 0.315 e. The lowest BCUT2D eigenvalue weighted by atomic mass is 10.3. The highest BCUT2D eigenvalue weighted by Gasteiger charge is 2.06. The molecule has 2 aromatic carbocycles. The molecule has 138 valence electrons. The minimum Gasteiger partial charge on any atom is -0.492 e. The molecular weight excluding hydrogens is 351 g/mol. The van der Waals surface area contributed by atoms with Crippen LogP contribution in [0, 0.1) is 17.5 Å². The molecule has 0 radical (unpaired) electrons. The van der Waals surface area contributed by atoms with Gasteiger partial charge in [0.05, 0.1) is 13.1 Å². The first-order valence-corrected chi connectivity index (χ1v) is 7.59. The molecule has 0 heterocycles. The van der Waals surface area contributed by atoms with Gasteiger partial charge in [0.25, 0.3) is 0 Å². The highest BCUT2D eigenvalue weighted by molar-refractivity contribution is 5.94. The Balaban J connectivity index is 1.61. The van der Waals surface area contributed by atoms with Gasteiger partial charge in [-0.15, -0.1) is 0 Å². The fourth-order valence-corrected chi connectivity index (χ4v) is 1.86. The Morgan fingerprint density at radius 3 is 2.35 bits per heavy atom. The van der Waals surface area contributed by atoms with Gasteiger partial charge in [0.1, 0.15) is 18.2 Å². The van der Waals surface area contributed by atoms with Crippen LogP contribution in [0.3, 0.4) is 0 Å². The summed E-state index contributed by atoms with van der Waals surface area (Å²) in [5, 5.41) is 7.25. The number of hydrogen-bond acceptors (Lipinski definition) is 3. The molecule has 3 N–H and O–H groups in total. The maximum Gasteiger partial charge on any atom is 0.315 e. The SMILES string of the molecule is O=C(CNC(=O)NCCOc1ccc(F)c(F)c1)Nc1ccc(F)cc1. The molecule has 0 aliphatic rings. The molecule has 0 aromatic heterocycles. The fourth-order valence-electron chi connectivity index (χ4n) is 1.86. The lowest BCUT2D eigenvalue weighted by Gasteiger charge is -2.09. The van der Waals surface area contributed by atoms with Crippen LogP contribution in [-0.2, 0) is 4.79 Å². The molecule has 0 saturated heterocycles. The molecule has 3 amide bonds. The van der Waals surface area contributed by atoms with Crippen LogP contribution in [0.15, 0.2) is 42.5 Å². The first-order chi connectivity index (χ1) is 12.4. The van der Waals surface area contributed by atoms with Crippen molar-refractivity contribution in [1.29, 1.82) is 0 Å². The molecule has 2 aromatic rings. The van der Waals surface area contributed by atoms with Gasteiger partial charge in [-0.2, -0.15) is 0 Å². The number of rotatable bonds is 7. The number of nitrogens with one attached hydrogen (secondary N) is 3. The van der Waals surface area contributed by atoms with Crippen LogP contribution in [0.5, 0.6) is 5.75 Å². The molecule has 26 heavy (non-hydrogen) atoms. The van der Waals surface area contributed by atoms with Gasteiger partial charge in [0, 0.05) is 11.8 Å². The number of carbonyl (C=O) groups is 2. The average Bonchev–Trinajstić information content (AvgIpc) is 2.62. The van der Waals surface area contributed by atoms with Crippen molar-refractivity contribution in [3.8, 4) is 5.75 Å². The number of anilines is 1. The summed E-state index contributed by atoms with van der Waals surface area (Å²) < 4.78 is 43.6. The highest BCUT2D eigenvalue weighted by atomic mass is 19.2. The minimum atomic E-state index is -1.03. The van der Waals surface area contributed by atoms with E-state index < -0.39 is 29.4 Å². The van der Waals surface area contributed by atoms with E-state index in [1.807, 2.05) is 0 Å². The summed E-state index contributed by atoms with van der Waals surface area (Å²) in [6.45, 7) is -0.169. The molecule has 2 rings (SSSR count). The molecule has 0 saturated carbocycles. The Morgan fingerprint density at radius 1 is 0.923 bits per heavy atom. The van der Waals surface area contributed by atoms with Crippen molar-refractivity contribution in [1.82, 2.24) is 10.6 Å². The highest BCUT2D eigenvalue weighted by Crippen LogP contribution is 2.14. The third-order valence-electron chi connectivity index (χ3n) is 3.08. The summed E-state index contributed by atoms with van der Waals surface area (Å²) in [7, 11) is 0. The molecule has 0 bridgehead atoms. The third-order valence-corrected chi connectivity index (χ3v) is 3.08. The standard InChI is InChI=1S/C17H16F3N3O3/c18-11-1-3-12(4-2-11)23-16(24)10-22-17(25)21-7-8-26-13-5-6-14(19)15(20)9-13/h1-6,9H,7-8,10H2,(H,23,24)(H2,21,22,25). The van der Waals surface area contributed by atoms with Crippen LogP contribution in [0.4, 0.5) is 23.7 Å². The van der Waals surface area contributed by atoms with E-state index in [4.69, 9.17) is 4.74 Å². The zero-order chi connectivity index (χ0) is 18.9. The Bertz CT molecular complexity index is 770. The summed E-state index contributed by atoms with van der Waals surface area (Å²) in [5.41, 5.74) is 0.401. The molecule has 0 unspecified atom stereocenters. The molecule has 0 aliphatic carbocycles. The molecule has 0 fully saturated rings. The third kappa shape index (κ3) is 6.34. The first-order valence-electron chi connectivity index (χ1n) is 7.59. The quantitative estimate of drug-likeness (QED) is 0.658. The second-order valence-corrected chi connectivity index (χ2v) is 5.09. The monoisotopic (exact) mass is 367 g/mol. The number of ether oxygens (including phenoxy) is 1. The number of carbonyl (C=O) groups excluding carboxylic acids is 2. The van der Waals surface area contributed by atoms with Gasteiger partial charge < -0.3 is 20.7 Å². The zero-order valence-corrected chi connectivity index (χ0v) is 13.5. The van der Waals surface area contributed by atoms with Crippen LogP contribution in [0.25, 0.3) is 0 Å². The number of halogens is 3. The minimum absolute atomic E-state index is 0.0280. The van der Waals surface area contributed by atoms with E-state index in [-0.39, 0.29) is 25.4 Å². The zero-order valence-electron chi connectivity index (χ0n) is 13.5. The number of benzene rings is 2. The van der Waals surface area contributed by atoms with Gasteiger partial charge in [0.2, 0.25) is 5.91 Å². The lowest BCUT2D eigenvalue weighted by molar-refractivity contribution is -0.115. The number of urea groups is 1. The van der Waals surface area contributed by atoms with E-state index in [0.29, 0.717) is 5.69 Å². The topological polar surface area (TPSA) is 79.5 Å². The van der Waals surface area contributed by atoms with Crippen LogP contribution < -0.4 is 20.7 Å². The second-order valence-electron chi connectivity index (χ2n) is 5.09. The predicted octanol–water partition coefficient (Wildman–Crippen LogP) is 2.42. The van der Waals surface area contributed by atoms with E-state index in [0.717, 1.165) is 12.1 Å². The average molecular weight is 367 g/mol. The number of hydrogen-bond donors (Lipinski definition) is 3. The van der Waals surface area contributed by atoms with Crippen molar-refractivity contribution in [3.63, 3.8) is 0 Å². The van der Waals surface area contributed by atoms with Crippen molar-refractivity contribution in [2.45, 2.75) is 0 Å². The van der Waals surface area contributed by atoms with Gasteiger partial charge in [-0.25, -0.2) is 18.0 Å². The Kier molecular flexibility index (Phi) is 6.84. The molecule has 0 spiro atoms. The van der Waals surface area contributed by atoms with Gasteiger partial charge >= 0.3 is 6.03 Å². The second kappa shape index (κ2) is 9.30. The van der Waals surface area contributed by atoms with E-state index in [9.17, 15) is 22.8 Å². The van der Waals surface area contributed by atoms with Crippen LogP contribution >= 0.6 is 0 Å². The van der Waals surface area contributed by atoms with Crippen molar-refractivity contribution >= 4 is 17.6 Å². The van der Waals surface area contributed by atoms with E-state index in [1.165, 1.54) is 30.3 Å². The maximum atomic E-state index is 13.0. The Morgan fingerprint density at radius 2 is 1.65 bits per heavy atom. The summed E-state index contributed by atoms with van der Waals surface area (Å²) in [6.07, 6.45) is 0. The molecule has 0 aliphatic heterocycles. The normalized spacial score (nSPS) is 10.1. The number of amides is 3. The lowest BCUT2D eigenvalue weighted by Crippen LogP contribution is -2.41. The predicted molar refractivity (Wildman–Crippen MR) is 88.3 cm³/mol. The van der Waals surface area contributed by atoms with Crippen molar-refractivity contribution in [2.75, 3.05) is 25.0 Å². The van der Waals surface area contributed by atoms with E-state index in [2.05, 4.69) is 16.0 Å². The summed E-state index contributed by atoms with van der Waals surface area (Å²) in [4.78, 5) is 23.2. The van der Waals surface area contributed by atoms with Gasteiger partial charge in [-0.1, -0.05) is 0 Å². The summed E-state index contributed by atoms with van der Waals surface area (Å²) in [6, 6.07) is 7.67. The van der Waals surface area contributed by atoms with Crippen molar-refractivity contribution < 1.29 is 27.5 Å². The maximum absolute atomic E-state index is 13.0. The van der Waals surface area contributed by atoms with Gasteiger partial charge in [-0.05, 0) is 36.4 Å². The largest absolute Gasteiger partial charge is 0.492 e. The van der Waals surface area contributed by atoms with Crippen LogP contribution in [-0.4, -0.2) is 31.6 Å². The Hall–Kier alpha value is -3.23. The van der Waals surface area contributed by atoms with Crippen molar-refractivity contribution in [3.05, 3.63) is 59.9 Å². The Labute approximate surface area is 147 Å². The van der Waals surface area contributed by atoms with Gasteiger partial charge in [0.15, 0.2) is 11.6 Å². The summed E-state index contributed by atoms with van der Waals surface area (Å²) >= 11 is 0. The van der Waals surface area contributed by atoms with E-state index in [1.54, 1.807) is 0 Å². The van der Waals surface area contributed by atoms with E-state index >= 15 is 0 Å². The molecule has 9 heteroatoms. The van der Waals surface area contributed by atoms with Crippen molar-refractivity contribution in [2.24, 2.45) is 0 Å². The molecule has 6 nitrogen and oxygen atoms in total. The molecular formula is C17H16F3N3O3. The summed E-state index contributed by atoms with van der Waals surface area (Å²) in [5.74, 6) is -2.78.